The molecule has 0 bridgehead atoms. The van der Waals surface area contributed by atoms with E-state index < -0.39 is 0 Å². The van der Waals surface area contributed by atoms with Crippen LogP contribution < -0.4 is 16.4 Å². The lowest BCUT2D eigenvalue weighted by atomic mass is 9.88. The first-order valence-electron chi connectivity index (χ1n) is 14.3. The Balaban J connectivity index is 1.24. The Kier molecular flexibility index (Phi) is 15.6. The molecule has 41 heavy (non-hydrogen) atoms. The largest absolute Gasteiger partial charge is 0.382 e. The molecule has 2 atom stereocenters. The second-order valence-electron chi connectivity index (χ2n) is 9.31. The highest BCUT2D eigenvalue weighted by Gasteiger charge is 2.34. The molecule has 2 heterocycles. The zero-order chi connectivity index (χ0) is 29.1. The smallest absolute Gasteiger partial charge is 0.246 e. The lowest BCUT2D eigenvalue weighted by molar-refractivity contribution is -0.126. The van der Waals surface area contributed by atoms with Gasteiger partial charge in [0.25, 0.3) is 0 Å². The summed E-state index contributed by atoms with van der Waals surface area (Å²) in [4.78, 5) is 21.2. The van der Waals surface area contributed by atoms with Crippen LogP contribution in [0.1, 0.15) is 30.1 Å². The predicted octanol–water partition coefficient (Wildman–Crippen LogP) is 0.135. The number of carbonyl (C=O) groups is 1. The first-order valence-corrected chi connectivity index (χ1v) is 14.3. The van der Waals surface area contributed by atoms with Gasteiger partial charge in [-0.15, -0.1) is 0 Å². The monoisotopic (exact) mass is 578 g/mol. The van der Waals surface area contributed by atoms with Crippen molar-refractivity contribution in [3.05, 3.63) is 41.5 Å². The number of nitrogens with zero attached hydrogens (tertiary/aromatic N) is 3. The van der Waals surface area contributed by atoms with Crippen molar-refractivity contribution in [2.75, 3.05) is 92.8 Å². The summed E-state index contributed by atoms with van der Waals surface area (Å²) < 4.78 is 35.3. The van der Waals surface area contributed by atoms with Crippen LogP contribution in [-0.2, 0) is 46.4 Å². The molecule has 2 unspecified atom stereocenters. The van der Waals surface area contributed by atoms with Crippen LogP contribution in [0.3, 0.4) is 0 Å². The number of amides is 1. The van der Waals surface area contributed by atoms with E-state index in [0.29, 0.717) is 91.6 Å². The van der Waals surface area contributed by atoms with E-state index >= 15 is 0 Å². The number of fused-ring (bicyclic) bond motifs is 3. The number of nitrogens with one attached hydrogen (secondary N) is 2. The van der Waals surface area contributed by atoms with Crippen LogP contribution in [0.5, 0.6) is 0 Å². The van der Waals surface area contributed by atoms with Gasteiger partial charge in [0.1, 0.15) is 30.6 Å². The minimum atomic E-state index is -0.192. The lowest BCUT2D eigenvalue weighted by Crippen LogP contribution is -2.31. The number of carbonyl (C=O) groups excluding carboxylic acids is 1. The van der Waals surface area contributed by atoms with Crippen LogP contribution in [-0.4, -0.2) is 120 Å². The van der Waals surface area contributed by atoms with Crippen LogP contribution in [0.2, 0.25) is 0 Å². The molecular weight excluding hydrogens is 532 g/mol. The van der Waals surface area contributed by atoms with E-state index in [1.54, 1.807) is 0 Å². The van der Waals surface area contributed by atoms with Gasteiger partial charge in [-0.25, -0.2) is 4.98 Å². The zero-order valence-electron chi connectivity index (χ0n) is 24.3. The average Bonchev–Trinajstić information content (AvgIpc) is 3.35. The van der Waals surface area contributed by atoms with Crippen molar-refractivity contribution in [2.24, 2.45) is 10.7 Å². The summed E-state index contributed by atoms with van der Waals surface area (Å²) in [6.07, 6.45) is 8.23. The van der Waals surface area contributed by atoms with Gasteiger partial charge in [-0.1, -0.05) is 24.3 Å². The van der Waals surface area contributed by atoms with E-state index in [1.165, 1.54) is 0 Å². The molecule has 13 nitrogen and oxygen atoms in total. The van der Waals surface area contributed by atoms with Crippen molar-refractivity contribution in [3.8, 4) is 0 Å². The molecule has 1 aromatic rings. The average molecular weight is 579 g/mol. The van der Waals surface area contributed by atoms with Crippen molar-refractivity contribution in [3.63, 3.8) is 0 Å². The summed E-state index contributed by atoms with van der Waals surface area (Å²) in [5, 5.41) is 5.77. The number of allylic oxidation sites excluding steroid dienone is 2. The normalized spacial score (nSPS) is 17.4. The van der Waals surface area contributed by atoms with Gasteiger partial charge in [0.2, 0.25) is 5.91 Å². The lowest BCUT2D eigenvalue weighted by Gasteiger charge is -2.27. The van der Waals surface area contributed by atoms with E-state index in [0.717, 1.165) is 23.8 Å². The summed E-state index contributed by atoms with van der Waals surface area (Å²) >= 11 is 0. The molecule has 1 amide bonds. The first-order chi connectivity index (χ1) is 20.2. The van der Waals surface area contributed by atoms with E-state index in [1.807, 2.05) is 26.1 Å². The Morgan fingerprint density at radius 2 is 1.56 bits per heavy atom. The molecule has 1 aromatic heterocycles. The summed E-state index contributed by atoms with van der Waals surface area (Å²) in [5.41, 5.74) is 8.04. The van der Waals surface area contributed by atoms with Gasteiger partial charge >= 0.3 is 0 Å². The Bertz CT molecular complexity index is 997. The second-order valence-corrected chi connectivity index (χ2v) is 9.31. The van der Waals surface area contributed by atoms with Gasteiger partial charge < -0.3 is 49.4 Å². The van der Waals surface area contributed by atoms with Crippen LogP contribution in [0.4, 0.5) is 0 Å². The van der Waals surface area contributed by atoms with E-state index in [2.05, 4.69) is 32.3 Å². The van der Waals surface area contributed by atoms with E-state index in [9.17, 15) is 4.79 Å². The van der Waals surface area contributed by atoms with E-state index in [4.69, 9.17) is 39.1 Å². The molecule has 0 saturated carbocycles. The van der Waals surface area contributed by atoms with Crippen LogP contribution in [0, 0.1) is 0 Å². The molecule has 13 heteroatoms. The molecule has 1 aliphatic heterocycles. The molecule has 0 saturated heterocycles. The molecule has 230 valence electrons. The quantitative estimate of drug-likeness (QED) is 0.153. The Hall–Kier alpha value is -2.65. The topological polar surface area (TPSA) is 153 Å². The number of amidine groups is 1. The highest BCUT2D eigenvalue weighted by Crippen LogP contribution is 2.34. The summed E-state index contributed by atoms with van der Waals surface area (Å²) in [6.45, 7) is 8.97. The third-order valence-electron chi connectivity index (χ3n) is 6.35. The third-order valence-corrected chi connectivity index (χ3v) is 6.35. The molecular formula is C28H46N6O7. The van der Waals surface area contributed by atoms with Gasteiger partial charge in [0.15, 0.2) is 0 Å². The van der Waals surface area contributed by atoms with E-state index in [-0.39, 0.29) is 24.5 Å². The standard InChI is InChI=1S/C28H46N6O7/c1-3-36-20-24-33-26-27(22-6-4-5-7-23(22)32-28(26)29)34(24)10-13-39-16-14-38-12-9-31-25(35)21-41-19-18-40-17-15-37-11-8-30-2/h4-7,22-23,30H,3,8-21H2,1-2H3,(H2,29,32)(H,31,35). The Labute approximate surface area is 242 Å². The highest BCUT2D eigenvalue weighted by atomic mass is 16.5. The molecule has 0 aromatic carbocycles. The fraction of sp³-hybridized carbons (Fsp3) is 0.679. The molecule has 3 rings (SSSR count). The van der Waals surface area contributed by atoms with Crippen molar-refractivity contribution in [2.45, 2.75) is 32.0 Å². The number of nitrogens with two attached hydrogens (primary N) is 1. The number of hydrogen-bond donors (Lipinski definition) is 3. The Morgan fingerprint density at radius 3 is 2.29 bits per heavy atom. The minimum absolute atomic E-state index is 0.0143. The minimum Gasteiger partial charge on any atom is -0.382 e. The predicted molar refractivity (Wildman–Crippen MR) is 154 cm³/mol. The van der Waals surface area contributed by atoms with Crippen molar-refractivity contribution < 1.29 is 33.2 Å². The number of rotatable bonds is 23. The van der Waals surface area contributed by atoms with Crippen LogP contribution in [0.25, 0.3) is 0 Å². The molecule has 4 N–H and O–H groups in total. The molecule has 2 aliphatic rings. The fourth-order valence-corrected chi connectivity index (χ4v) is 4.36. The third kappa shape index (κ3) is 11.3. The highest BCUT2D eigenvalue weighted by molar-refractivity contribution is 5.98. The summed E-state index contributed by atoms with van der Waals surface area (Å²) in [7, 11) is 1.88. The van der Waals surface area contributed by atoms with Gasteiger partial charge in [-0.2, -0.15) is 0 Å². The molecule has 0 fully saturated rings. The first kappa shape index (κ1) is 32.9. The fourth-order valence-electron chi connectivity index (χ4n) is 4.36. The number of ether oxygens (including phenoxy) is 6. The molecule has 0 radical (unpaired) electrons. The number of aliphatic imine (C=N–C) groups is 1. The molecule has 1 aliphatic carbocycles. The van der Waals surface area contributed by atoms with Crippen molar-refractivity contribution >= 4 is 11.7 Å². The SMILES string of the molecule is CCOCc1nc2c(n1CCOCCOCCNC(=O)COCCOCCOCCNC)C1C=CC=CC1N=C2N. The van der Waals surface area contributed by atoms with Crippen molar-refractivity contribution in [1.82, 2.24) is 20.2 Å². The van der Waals surface area contributed by atoms with Gasteiger partial charge in [0.05, 0.1) is 71.2 Å². The number of hydrogen-bond acceptors (Lipinski definition) is 11. The Morgan fingerprint density at radius 1 is 0.902 bits per heavy atom. The number of likely N-dealkylation sites (N-methyl/N-ethyl adjacent to an activating group) is 1. The number of imidazole rings is 1. The molecule has 0 spiro atoms. The summed E-state index contributed by atoms with van der Waals surface area (Å²) in [6, 6.07) is -0.0259. The maximum absolute atomic E-state index is 11.8. The van der Waals surface area contributed by atoms with Crippen molar-refractivity contribution in [1.29, 1.82) is 0 Å². The maximum Gasteiger partial charge on any atom is 0.246 e. The summed E-state index contributed by atoms with van der Waals surface area (Å²) in [5.74, 6) is 1.16. The van der Waals surface area contributed by atoms with Gasteiger partial charge in [0, 0.05) is 32.2 Å². The van der Waals surface area contributed by atoms with Gasteiger partial charge in [-0.05, 0) is 14.0 Å². The number of aromatic nitrogens is 2. The second kappa shape index (κ2) is 19.5. The zero-order valence-corrected chi connectivity index (χ0v) is 24.3. The maximum atomic E-state index is 11.8. The van der Waals surface area contributed by atoms with Crippen LogP contribution >= 0.6 is 0 Å². The van der Waals surface area contributed by atoms with Crippen LogP contribution in [0.15, 0.2) is 29.3 Å². The van der Waals surface area contributed by atoms with Gasteiger partial charge in [-0.3, -0.25) is 9.79 Å².